The molecular formula is C18H34O3. The first-order chi connectivity index (χ1) is 9.41. The van der Waals surface area contributed by atoms with Gasteiger partial charge in [0.25, 0.3) is 0 Å². The van der Waals surface area contributed by atoms with Crippen LogP contribution in [0.2, 0.25) is 0 Å². The molecule has 0 aromatic rings. The molecule has 0 amide bonds. The molecule has 1 saturated carbocycles. The second-order valence-electron chi connectivity index (χ2n) is 8.40. The van der Waals surface area contributed by atoms with Gasteiger partial charge in [-0.25, -0.2) is 0 Å². The molecule has 21 heavy (non-hydrogen) atoms. The van der Waals surface area contributed by atoms with Crippen molar-refractivity contribution >= 4 is 5.97 Å². The van der Waals surface area contributed by atoms with E-state index in [0.717, 1.165) is 12.8 Å². The first-order valence-electron chi connectivity index (χ1n) is 8.27. The van der Waals surface area contributed by atoms with Gasteiger partial charge in [0, 0.05) is 10.8 Å². The van der Waals surface area contributed by atoms with Crippen molar-refractivity contribution in [2.24, 2.45) is 16.2 Å². The Kier molecular flexibility index (Phi) is 5.20. The summed E-state index contributed by atoms with van der Waals surface area (Å²) in [5.74, 6) is -0.0989. The summed E-state index contributed by atoms with van der Waals surface area (Å²) in [5, 5.41) is 0. The van der Waals surface area contributed by atoms with Gasteiger partial charge in [0.1, 0.15) is 6.10 Å². The fourth-order valence-corrected chi connectivity index (χ4v) is 3.49. The fourth-order valence-electron chi connectivity index (χ4n) is 3.49. The smallest absolute Gasteiger partial charge is 0.311 e. The van der Waals surface area contributed by atoms with E-state index >= 15 is 0 Å². The second-order valence-corrected chi connectivity index (χ2v) is 8.40. The molecule has 0 aromatic heterocycles. The summed E-state index contributed by atoms with van der Waals surface area (Å²) < 4.78 is 12.1. The number of carbonyl (C=O) groups is 1. The topological polar surface area (TPSA) is 35.5 Å². The van der Waals surface area contributed by atoms with Crippen LogP contribution in [-0.2, 0) is 14.3 Å². The number of hydrogen-bond acceptors (Lipinski definition) is 3. The molecule has 0 aromatic carbocycles. The molecule has 1 rings (SSSR count). The van der Waals surface area contributed by atoms with Crippen LogP contribution in [0.4, 0.5) is 0 Å². The molecule has 1 unspecified atom stereocenters. The number of esters is 1. The quantitative estimate of drug-likeness (QED) is 0.673. The third-order valence-corrected chi connectivity index (χ3v) is 5.31. The Hall–Kier alpha value is -0.570. The lowest BCUT2D eigenvalue weighted by molar-refractivity contribution is -0.287. The summed E-state index contributed by atoms with van der Waals surface area (Å²) in [6.45, 7) is 18.7. The highest BCUT2D eigenvalue weighted by molar-refractivity contribution is 5.76. The van der Waals surface area contributed by atoms with Crippen molar-refractivity contribution in [1.82, 2.24) is 0 Å². The van der Waals surface area contributed by atoms with Crippen LogP contribution in [0.3, 0.4) is 0 Å². The third-order valence-electron chi connectivity index (χ3n) is 5.31. The highest BCUT2D eigenvalue weighted by Gasteiger charge is 2.65. The molecule has 1 aliphatic rings. The van der Waals surface area contributed by atoms with Crippen molar-refractivity contribution in [3.8, 4) is 0 Å². The van der Waals surface area contributed by atoms with E-state index in [1.54, 1.807) is 0 Å². The summed E-state index contributed by atoms with van der Waals surface area (Å²) in [7, 11) is 0. The predicted octanol–water partition coefficient (Wildman–Crippen LogP) is 4.58. The Morgan fingerprint density at radius 3 is 1.95 bits per heavy atom. The molecule has 0 radical (unpaired) electrons. The maximum Gasteiger partial charge on any atom is 0.311 e. The first-order valence-corrected chi connectivity index (χ1v) is 8.27. The van der Waals surface area contributed by atoms with Crippen molar-refractivity contribution in [3.63, 3.8) is 0 Å². The van der Waals surface area contributed by atoms with Gasteiger partial charge in [0.05, 0.1) is 17.6 Å². The van der Waals surface area contributed by atoms with E-state index < -0.39 is 5.41 Å². The molecule has 3 nitrogen and oxygen atoms in total. The SMILES string of the molecule is CCC(C)OC1C(C)(C)C(OC(=O)C(C)(C)CC)C1(C)C. The van der Waals surface area contributed by atoms with Crippen LogP contribution in [0.15, 0.2) is 0 Å². The fraction of sp³-hybridized carbons (Fsp3) is 0.944. The zero-order valence-corrected chi connectivity index (χ0v) is 15.4. The molecule has 0 spiro atoms. The van der Waals surface area contributed by atoms with Crippen molar-refractivity contribution in [3.05, 3.63) is 0 Å². The third kappa shape index (κ3) is 3.28. The van der Waals surface area contributed by atoms with E-state index in [2.05, 4.69) is 41.5 Å². The first kappa shape index (κ1) is 18.5. The molecule has 1 aliphatic carbocycles. The van der Waals surface area contributed by atoms with E-state index in [1.807, 2.05) is 20.8 Å². The maximum absolute atomic E-state index is 12.4. The van der Waals surface area contributed by atoms with E-state index in [4.69, 9.17) is 9.47 Å². The van der Waals surface area contributed by atoms with Gasteiger partial charge < -0.3 is 9.47 Å². The van der Waals surface area contributed by atoms with Crippen LogP contribution >= 0.6 is 0 Å². The normalized spacial score (nSPS) is 28.6. The molecule has 0 aliphatic heterocycles. The number of hydrogen-bond donors (Lipinski definition) is 0. The van der Waals surface area contributed by atoms with Crippen molar-refractivity contribution in [2.75, 3.05) is 0 Å². The van der Waals surface area contributed by atoms with E-state index in [0.29, 0.717) is 0 Å². The van der Waals surface area contributed by atoms with Crippen molar-refractivity contribution < 1.29 is 14.3 Å². The molecule has 124 valence electrons. The summed E-state index contributed by atoms with van der Waals surface area (Å²) in [4.78, 5) is 12.4. The van der Waals surface area contributed by atoms with Crippen LogP contribution in [-0.4, -0.2) is 24.3 Å². The monoisotopic (exact) mass is 298 g/mol. The number of ether oxygens (including phenoxy) is 2. The Morgan fingerprint density at radius 1 is 1.10 bits per heavy atom. The number of carbonyl (C=O) groups excluding carboxylic acids is 1. The van der Waals surface area contributed by atoms with E-state index in [1.165, 1.54) is 0 Å². The Morgan fingerprint density at radius 2 is 1.57 bits per heavy atom. The molecule has 0 bridgehead atoms. The van der Waals surface area contributed by atoms with E-state index in [-0.39, 0.29) is 35.1 Å². The van der Waals surface area contributed by atoms with Crippen molar-refractivity contribution in [2.45, 2.75) is 93.5 Å². The number of rotatable bonds is 6. The summed E-state index contributed by atoms with van der Waals surface area (Å²) in [6.07, 6.45) is 2.03. The van der Waals surface area contributed by atoms with Gasteiger partial charge in [-0.1, -0.05) is 41.5 Å². The summed E-state index contributed by atoms with van der Waals surface area (Å²) in [6, 6.07) is 0. The van der Waals surface area contributed by atoms with Crippen LogP contribution in [0.5, 0.6) is 0 Å². The molecule has 1 atom stereocenters. The lowest BCUT2D eigenvalue weighted by Crippen LogP contribution is -2.70. The molecule has 1 fully saturated rings. The van der Waals surface area contributed by atoms with Gasteiger partial charge in [0.15, 0.2) is 0 Å². The minimum atomic E-state index is -0.422. The maximum atomic E-state index is 12.4. The minimum Gasteiger partial charge on any atom is -0.461 e. The van der Waals surface area contributed by atoms with Crippen LogP contribution in [0.1, 0.15) is 75.2 Å². The van der Waals surface area contributed by atoms with Gasteiger partial charge in [0.2, 0.25) is 0 Å². The average molecular weight is 298 g/mol. The zero-order valence-electron chi connectivity index (χ0n) is 15.4. The summed E-state index contributed by atoms with van der Waals surface area (Å²) in [5.41, 5.74) is -0.715. The second kappa shape index (κ2) is 5.91. The Bertz CT molecular complexity index is 366. The molecule has 0 saturated heterocycles. The van der Waals surface area contributed by atoms with Gasteiger partial charge in [-0.3, -0.25) is 4.79 Å². The lowest BCUT2D eigenvalue weighted by Gasteiger charge is -2.62. The van der Waals surface area contributed by atoms with Crippen LogP contribution in [0, 0.1) is 16.2 Å². The van der Waals surface area contributed by atoms with Gasteiger partial charge in [-0.2, -0.15) is 0 Å². The zero-order chi connectivity index (χ0) is 16.6. The highest BCUT2D eigenvalue weighted by atomic mass is 16.6. The van der Waals surface area contributed by atoms with Crippen molar-refractivity contribution in [1.29, 1.82) is 0 Å². The van der Waals surface area contributed by atoms with Gasteiger partial charge in [-0.05, 0) is 33.6 Å². The predicted molar refractivity (Wildman–Crippen MR) is 86.1 cm³/mol. The largest absolute Gasteiger partial charge is 0.461 e. The Balaban J connectivity index is 2.84. The average Bonchev–Trinajstić information content (AvgIpc) is 2.40. The highest BCUT2D eigenvalue weighted by Crippen LogP contribution is 2.58. The van der Waals surface area contributed by atoms with Crippen LogP contribution in [0.25, 0.3) is 0 Å². The van der Waals surface area contributed by atoms with Gasteiger partial charge >= 0.3 is 5.97 Å². The molecule has 3 heteroatoms. The molecule has 0 N–H and O–H groups in total. The van der Waals surface area contributed by atoms with E-state index in [9.17, 15) is 4.79 Å². The molecule has 0 heterocycles. The van der Waals surface area contributed by atoms with Gasteiger partial charge in [-0.15, -0.1) is 0 Å². The minimum absolute atomic E-state index is 0.0989. The van der Waals surface area contributed by atoms with Crippen LogP contribution < -0.4 is 0 Å². The lowest BCUT2D eigenvalue weighted by atomic mass is 9.50. The summed E-state index contributed by atoms with van der Waals surface area (Å²) >= 11 is 0. The molecular weight excluding hydrogens is 264 g/mol. The standard InChI is InChI=1S/C18H34O3/c1-10-12(3)20-13-17(6,7)14(18(13,8)9)21-15(19)16(4,5)11-2/h12-14H,10-11H2,1-9H3. The Labute approximate surface area is 130 Å².